The van der Waals surface area contributed by atoms with Crippen molar-refractivity contribution in [1.82, 2.24) is 4.90 Å². The minimum absolute atomic E-state index is 0.587. The first-order valence-corrected chi connectivity index (χ1v) is 10.2. The Hall–Kier alpha value is -0.790. The molecule has 1 aromatic rings. The molecule has 4 heteroatoms. The minimum Gasteiger partial charge on any atom is -0.369 e. The predicted molar refractivity (Wildman–Crippen MR) is 88.6 cm³/mol. The Balaban J connectivity index is 1.92. The van der Waals surface area contributed by atoms with Crippen molar-refractivity contribution in [2.24, 2.45) is 0 Å². The lowest BCUT2D eigenvalue weighted by Crippen LogP contribution is -2.46. The van der Waals surface area contributed by atoms with Crippen LogP contribution in [0.4, 0.5) is 5.69 Å². The van der Waals surface area contributed by atoms with Crippen molar-refractivity contribution in [3.63, 3.8) is 0 Å². The molecule has 0 saturated carbocycles. The van der Waals surface area contributed by atoms with Crippen LogP contribution in [0, 0.1) is 0 Å². The first kappa shape index (κ1) is 15.6. The summed E-state index contributed by atoms with van der Waals surface area (Å²) in [6.07, 6.45) is 0.757. The Kier molecular flexibility index (Phi) is 4.93. The van der Waals surface area contributed by atoms with Crippen LogP contribution in [0.5, 0.6) is 0 Å². The van der Waals surface area contributed by atoms with Crippen molar-refractivity contribution in [3.05, 3.63) is 29.8 Å². The molecule has 1 aliphatic rings. The maximum atomic E-state index is 11.9. The molecule has 1 fully saturated rings. The Bertz CT molecular complexity index is 470. The van der Waals surface area contributed by atoms with Gasteiger partial charge in [-0.2, -0.15) is 0 Å². The van der Waals surface area contributed by atoms with E-state index < -0.39 is 7.14 Å². The van der Waals surface area contributed by atoms with Crippen LogP contribution in [0.2, 0.25) is 0 Å². The van der Waals surface area contributed by atoms with Gasteiger partial charge in [-0.1, -0.05) is 26.0 Å². The Morgan fingerprint density at radius 3 is 2.05 bits per heavy atom. The van der Waals surface area contributed by atoms with Crippen LogP contribution in [0.25, 0.3) is 0 Å². The second-order valence-electron chi connectivity index (χ2n) is 6.57. The van der Waals surface area contributed by atoms with Gasteiger partial charge < -0.3 is 9.46 Å². The molecule has 2 rings (SSSR count). The maximum Gasteiger partial charge on any atom is 0.0951 e. The van der Waals surface area contributed by atoms with Crippen LogP contribution in [0.15, 0.2) is 24.3 Å². The summed E-state index contributed by atoms with van der Waals surface area (Å²) in [4.78, 5) is 4.76. The van der Waals surface area contributed by atoms with E-state index in [2.05, 4.69) is 47.9 Å². The molecular formula is C16H27N2OP. The zero-order valence-electron chi connectivity index (χ0n) is 13.2. The van der Waals surface area contributed by atoms with E-state index in [1.165, 1.54) is 11.3 Å². The van der Waals surface area contributed by atoms with Crippen molar-refractivity contribution < 1.29 is 4.57 Å². The van der Waals surface area contributed by atoms with Crippen LogP contribution in [0.1, 0.15) is 25.3 Å². The molecule has 0 aliphatic carbocycles. The van der Waals surface area contributed by atoms with E-state index in [1.54, 1.807) is 0 Å². The van der Waals surface area contributed by atoms with Gasteiger partial charge in [0.15, 0.2) is 0 Å². The van der Waals surface area contributed by atoms with Gasteiger partial charge >= 0.3 is 0 Å². The van der Waals surface area contributed by atoms with Crippen LogP contribution in [0.3, 0.4) is 0 Å². The summed E-state index contributed by atoms with van der Waals surface area (Å²) in [6.45, 7) is 12.3. The van der Waals surface area contributed by atoms with Crippen LogP contribution >= 0.6 is 7.14 Å². The standard InChI is InChI=1S/C16H27N2OP/c1-14(2)15-5-7-16(8-6-15)18-11-9-17(10-12-18)13-20(3,4)19/h5-8,14H,9-13H2,1-4H3. The Morgan fingerprint density at radius 1 is 1.05 bits per heavy atom. The average Bonchev–Trinajstić information content (AvgIpc) is 2.38. The lowest BCUT2D eigenvalue weighted by molar-refractivity contribution is 0.294. The average molecular weight is 294 g/mol. The molecule has 112 valence electrons. The van der Waals surface area contributed by atoms with Crippen molar-refractivity contribution >= 4 is 12.8 Å². The second-order valence-corrected chi connectivity index (χ2v) is 10.00. The number of hydrogen-bond donors (Lipinski definition) is 0. The highest BCUT2D eigenvalue weighted by atomic mass is 31.2. The third kappa shape index (κ3) is 4.36. The lowest BCUT2D eigenvalue weighted by atomic mass is 10.0. The van der Waals surface area contributed by atoms with E-state index in [1.807, 2.05) is 13.3 Å². The van der Waals surface area contributed by atoms with E-state index >= 15 is 0 Å². The second kappa shape index (κ2) is 6.32. The smallest absolute Gasteiger partial charge is 0.0951 e. The third-order valence-corrected chi connectivity index (χ3v) is 4.92. The fraction of sp³-hybridized carbons (Fsp3) is 0.625. The van der Waals surface area contributed by atoms with Gasteiger partial charge in [-0.15, -0.1) is 0 Å². The number of nitrogens with zero attached hydrogens (tertiary/aromatic N) is 2. The number of benzene rings is 1. The number of rotatable bonds is 4. The molecule has 0 radical (unpaired) electrons. The molecule has 0 unspecified atom stereocenters. The number of anilines is 1. The highest BCUT2D eigenvalue weighted by Crippen LogP contribution is 2.36. The molecule has 1 aromatic carbocycles. The van der Waals surface area contributed by atoms with Crippen molar-refractivity contribution in [2.45, 2.75) is 19.8 Å². The van der Waals surface area contributed by atoms with Gasteiger partial charge in [0.2, 0.25) is 0 Å². The SMILES string of the molecule is CC(C)c1ccc(N2CCN(CP(C)(C)=O)CC2)cc1. The van der Waals surface area contributed by atoms with Crippen molar-refractivity contribution in [2.75, 3.05) is 50.7 Å². The fourth-order valence-corrected chi connectivity index (χ4v) is 3.95. The lowest BCUT2D eigenvalue weighted by Gasteiger charge is -2.36. The van der Waals surface area contributed by atoms with Gasteiger partial charge in [-0.3, -0.25) is 4.90 Å². The first-order valence-electron chi connectivity index (χ1n) is 7.46. The van der Waals surface area contributed by atoms with E-state index in [-0.39, 0.29) is 0 Å². The highest BCUT2D eigenvalue weighted by Gasteiger charge is 2.20. The fourth-order valence-electron chi connectivity index (χ4n) is 2.70. The maximum absolute atomic E-state index is 11.9. The third-order valence-electron chi connectivity index (χ3n) is 3.84. The van der Waals surface area contributed by atoms with E-state index in [9.17, 15) is 4.57 Å². The van der Waals surface area contributed by atoms with Gasteiger partial charge in [0.05, 0.1) is 13.4 Å². The summed E-state index contributed by atoms with van der Waals surface area (Å²) in [5, 5.41) is 0. The van der Waals surface area contributed by atoms with Crippen LogP contribution in [-0.4, -0.2) is 50.7 Å². The molecule has 0 atom stereocenters. The molecule has 0 bridgehead atoms. The normalized spacial score (nSPS) is 17.8. The first-order chi connectivity index (χ1) is 9.35. The van der Waals surface area contributed by atoms with E-state index in [0.717, 1.165) is 32.5 Å². The summed E-state index contributed by atoms with van der Waals surface area (Å²) in [7, 11) is -1.94. The predicted octanol–water partition coefficient (Wildman–Crippen LogP) is 3.51. The molecular weight excluding hydrogens is 267 g/mol. The zero-order chi connectivity index (χ0) is 14.8. The van der Waals surface area contributed by atoms with E-state index in [0.29, 0.717) is 5.92 Å². The number of piperazine rings is 1. The Morgan fingerprint density at radius 2 is 1.60 bits per heavy atom. The minimum atomic E-state index is -1.94. The van der Waals surface area contributed by atoms with Gasteiger partial charge in [0.1, 0.15) is 0 Å². The van der Waals surface area contributed by atoms with Gasteiger partial charge in [-0.05, 0) is 36.9 Å². The molecule has 0 N–H and O–H groups in total. The molecule has 1 aliphatic heterocycles. The molecule has 20 heavy (non-hydrogen) atoms. The van der Waals surface area contributed by atoms with Crippen LogP contribution in [-0.2, 0) is 4.57 Å². The summed E-state index contributed by atoms with van der Waals surface area (Å²) in [6, 6.07) is 8.93. The van der Waals surface area contributed by atoms with Gasteiger partial charge in [0, 0.05) is 31.9 Å². The topological polar surface area (TPSA) is 23.6 Å². The molecule has 0 amide bonds. The largest absolute Gasteiger partial charge is 0.369 e. The molecule has 0 spiro atoms. The summed E-state index contributed by atoms with van der Waals surface area (Å²) in [5.74, 6) is 0.587. The summed E-state index contributed by atoms with van der Waals surface area (Å²) < 4.78 is 11.9. The zero-order valence-corrected chi connectivity index (χ0v) is 14.1. The van der Waals surface area contributed by atoms with Crippen molar-refractivity contribution in [3.8, 4) is 0 Å². The summed E-state index contributed by atoms with van der Waals surface area (Å²) >= 11 is 0. The molecule has 0 aromatic heterocycles. The van der Waals surface area contributed by atoms with Gasteiger partial charge in [0.25, 0.3) is 0 Å². The molecule has 3 nitrogen and oxygen atoms in total. The van der Waals surface area contributed by atoms with Crippen LogP contribution < -0.4 is 4.90 Å². The number of hydrogen-bond acceptors (Lipinski definition) is 3. The highest BCUT2D eigenvalue weighted by molar-refractivity contribution is 7.62. The van der Waals surface area contributed by atoms with Crippen molar-refractivity contribution in [1.29, 1.82) is 0 Å². The quantitative estimate of drug-likeness (QED) is 0.794. The van der Waals surface area contributed by atoms with Gasteiger partial charge in [-0.25, -0.2) is 0 Å². The Labute approximate surface area is 123 Å². The molecule has 1 saturated heterocycles. The van der Waals surface area contributed by atoms with E-state index in [4.69, 9.17) is 0 Å². The molecule has 1 heterocycles. The summed E-state index contributed by atoms with van der Waals surface area (Å²) in [5.41, 5.74) is 2.70. The monoisotopic (exact) mass is 294 g/mol.